The van der Waals surface area contributed by atoms with Crippen LogP contribution < -0.4 is 15.4 Å². The second-order valence-corrected chi connectivity index (χ2v) is 6.07. The van der Waals surface area contributed by atoms with Crippen molar-refractivity contribution in [1.82, 2.24) is 5.32 Å². The molecule has 23 heavy (non-hydrogen) atoms. The number of rotatable bonds is 5. The Labute approximate surface area is 145 Å². The molecule has 5 heteroatoms. The van der Waals surface area contributed by atoms with Gasteiger partial charge in [-0.1, -0.05) is 31.2 Å². The van der Waals surface area contributed by atoms with Gasteiger partial charge in [0.1, 0.15) is 12.4 Å². The molecule has 122 valence electrons. The van der Waals surface area contributed by atoms with Crippen LogP contribution in [0.4, 0.5) is 10.5 Å². The molecule has 0 saturated heterocycles. The number of carbonyl (C=O) groups is 1. The van der Waals surface area contributed by atoms with E-state index in [1.54, 1.807) is 7.05 Å². The highest BCUT2D eigenvalue weighted by Gasteiger charge is 2.10. The summed E-state index contributed by atoms with van der Waals surface area (Å²) in [4.78, 5) is 11.6. The summed E-state index contributed by atoms with van der Waals surface area (Å²) >= 11 is 3.47. The highest BCUT2D eigenvalue weighted by Crippen LogP contribution is 2.28. The highest BCUT2D eigenvalue weighted by atomic mass is 79.9. The molecule has 0 aromatic heterocycles. The fourth-order valence-electron chi connectivity index (χ4n) is 2.25. The van der Waals surface area contributed by atoms with Gasteiger partial charge in [0.15, 0.2) is 0 Å². The molecule has 0 aliphatic carbocycles. The van der Waals surface area contributed by atoms with E-state index in [0.717, 1.165) is 33.5 Å². The number of nitrogens with one attached hydrogen (secondary N) is 2. The van der Waals surface area contributed by atoms with Crippen LogP contribution in [0.15, 0.2) is 40.9 Å². The van der Waals surface area contributed by atoms with Gasteiger partial charge in [-0.3, -0.25) is 0 Å². The molecule has 2 amide bonds. The van der Waals surface area contributed by atoms with Crippen LogP contribution >= 0.6 is 15.9 Å². The maximum absolute atomic E-state index is 11.6. The number of urea groups is 1. The van der Waals surface area contributed by atoms with Crippen molar-refractivity contribution in [3.63, 3.8) is 0 Å². The van der Waals surface area contributed by atoms with E-state index in [9.17, 15) is 4.79 Å². The van der Waals surface area contributed by atoms with Crippen LogP contribution in [0.3, 0.4) is 0 Å². The second-order valence-electron chi connectivity index (χ2n) is 5.22. The lowest BCUT2D eigenvalue weighted by molar-refractivity contribution is 0.254. The molecular formula is C18H21BrN2O2. The molecule has 0 atom stereocenters. The molecule has 0 fully saturated rings. The summed E-state index contributed by atoms with van der Waals surface area (Å²) in [6.07, 6.45) is 1.01. The molecule has 0 saturated carbocycles. The van der Waals surface area contributed by atoms with Crippen LogP contribution in [0.2, 0.25) is 0 Å². The first-order chi connectivity index (χ1) is 11.0. The lowest BCUT2D eigenvalue weighted by Gasteiger charge is -2.15. The van der Waals surface area contributed by atoms with Gasteiger partial charge in [-0.05, 0) is 52.5 Å². The first-order valence-corrected chi connectivity index (χ1v) is 8.33. The minimum absolute atomic E-state index is 0.262. The lowest BCUT2D eigenvalue weighted by Crippen LogP contribution is -2.25. The summed E-state index contributed by atoms with van der Waals surface area (Å²) in [5.41, 5.74) is 4.02. The Kier molecular flexibility index (Phi) is 6.04. The Morgan fingerprint density at radius 3 is 2.70 bits per heavy atom. The average molecular weight is 377 g/mol. The van der Waals surface area contributed by atoms with Gasteiger partial charge in [0.05, 0.1) is 5.69 Å². The van der Waals surface area contributed by atoms with Crippen molar-refractivity contribution < 1.29 is 9.53 Å². The largest absolute Gasteiger partial charge is 0.489 e. The van der Waals surface area contributed by atoms with E-state index in [1.165, 1.54) is 5.56 Å². The van der Waals surface area contributed by atoms with Crippen molar-refractivity contribution in [3.05, 3.63) is 57.6 Å². The van der Waals surface area contributed by atoms with Gasteiger partial charge in [0, 0.05) is 17.1 Å². The molecule has 2 rings (SSSR count). The van der Waals surface area contributed by atoms with Gasteiger partial charge >= 0.3 is 6.03 Å². The van der Waals surface area contributed by atoms with Crippen molar-refractivity contribution in [2.75, 3.05) is 12.4 Å². The zero-order chi connectivity index (χ0) is 16.8. The standard InChI is InChI=1S/C18H21BrN2O2/c1-4-13-8-9-16(12(2)10-13)23-11-14-6-5-7-15(19)17(14)21-18(22)20-3/h5-10H,4,11H2,1-3H3,(H2,20,21,22). The minimum atomic E-state index is -0.262. The van der Waals surface area contributed by atoms with E-state index < -0.39 is 0 Å². The maximum atomic E-state index is 11.6. The van der Waals surface area contributed by atoms with Gasteiger partial charge in [-0.15, -0.1) is 0 Å². The van der Waals surface area contributed by atoms with E-state index in [-0.39, 0.29) is 6.03 Å². The highest BCUT2D eigenvalue weighted by molar-refractivity contribution is 9.10. The lowest BCUT2D eigenvalue weighted by atomic mass is 10.1. The summed E-state index contributed by atoms with van der Waals surface area (Å²) < 4.78 is 6.76. The third-order valence-electron chi connectivity index (χ3n) is 3.60. The monoisotopic (exact) mass is 376 g/mol. The molecule has 0 aliphatic heterocycles. The predicted octanol–water partition coefficient (Wildman–Crippen LogP) is 4.65. The number of carbonyl (C=O) groups excluding carboxylic acids is 1. The third kappa shape index (κ3) is 4.48. The molecule has 2 aromatic rings. The molecule has 2 N–H and O–H groups in total. The number of hydrogen-bond donors (Lipinski definition) is 2. The Bertz CT molecular complexity index is 701. The minimum Gasteiger partial charge on any atom is -0.489 e. The second kappa shape index (κ2) is 8.02. The van der Waals surface area contributed by atoms with Gasteiger partial charge in [0.2, 0.25) is 0 Å². The Morgan fingerprint density at radius 1 is 1.26 bits per heavy atom. The smallest absolute Gasteiger partial charge is 0.319 e. The molecule has 4 nitrogen and oxygen atoms in total. The molecule has 0 aliphatic rings. The van der Waals surface area contributed by atoms with Gasteiger partial charge in [-0.25, -0.2) is 4.79 Å². The van der Waals surface area contributed by atoms with Crippen LogP contribution in [0.1, 0.15) is 23.6 Å². The van der Waals surface area contributed by atoms with Crippen LogP contribution in [-0.4, -0.2) is 13.1 Å². The summed E-state index contributed by atoms with van der Waals surface area (Å²) in [7, 11) is 1.58. The van der Waals surface area contributed by atoms with Crippen LogP contribution in [-0.2, 0) is 13.0 Å². The molecule has 0 radical (unpaired) electrons. The number of ether oxygens (including phenoxy) is 1. The summed E-state index contributed by atoms with van der Waals surface area (Å²) in [5.74, 6) is 0.855. The van der Waals surface area contributed by atoms with Crippen molar-refractivity contribution in [1.29, 1.82) is 0 Å². The quantitative estimate of drug-likeness (QED) is 0.797. The fraction of sp³-hybridized carbons (Fsp3) is 0.278. The zero-order valence-corrected chi connectivity index (χ0v) is 15.2. The molecule has 2 aromatic carbocycles. The molecular weight excluding hydrogens is 356 g/mol. The first kappa shape index (κ1) is 17.3. The van der Waals surface area contributed by atoms with Crippen molar-refractivity contribution in [2.24, 2.45) is 0 Å². The van der Waals surface area contributed by atoms with E-state index in [1.807, 2.05) is 31.2 Å². The van der Waals surface area contributed by atoms with E-state index in [4.69, 9.17) is 4.74 Å². The van der Waals surface area contributed by atoms with Crippen molar-refractivity contribution in [2.45, 2.75) is 26.9 Å². The number of amides is 2. The average Bonchev–Trinajstić information content (AvgIpc) is 2.56. The molecule has 0 heterocycles. The summed E-state index contributed by atoms with van der Waals surface area (Å²) in [6, 6.07) is 11.7. The number of anilines is 1. The van der Waals surface area contributed by atoms with Crippen LogP contribution in [0, 0.1) is 6.92 Å². The predicted molar refractivity (Wildman–Crippen MR) is 97.1 cm³/mol. The number of benzene rings is 2. The van der Waals surface area contributed by atoms with Gasteiger partial charge in [0.25, 0.3) is 0 Å². The van der Waals surface area contributed by atoms with E-state index >= 15 is 0 Å². The molecule has 0 spiro atoms. The number of hydrogen-bond acceptors (Lipinski definition) is 2. The van der Waals surface area contributed by atoms with Crippen molar-refractivity contribution >= 4 is 27.6 Å². The first-order valence-electron chi connectivity index (χ1n) is 7.53. The van der Waals surface area contributed by atoms with E-state index in [2.05, 4.69) is 45.6 Å². The molecule has 0 bridgehead atoms. The van der Waals surface area contributed by atoms with Crippen LogP contribution in [0.5, 0.6) is 5.75 Å². The van der Waals surface area contributed by atoms with Crippen LogP contribution in [0.25, 0.3) is 0 Å². The Morgan fingerprint density at radius 2 is 2.04 bits per heavy atom. The Balaban J connectivity index is 2.17. The number of halogens is 1. The summed E-state index contributed by atoms with van der Waals surface area (Å²) in [5, 5.41) is 5.37. The molecule has 0 unspecified atom stereocenters. The normalized spacial score (nSPS) is 10.3. The SMILES string of the molecule is CCc1ccc(OCc2cccc(Br)c2NC(=O)NC)c(C)c1. The Hall–Kier alpha value is -2.01. The van der Waals surface area contributed by atoms with Gasteiger partial charge < -0.3 is 15.4 Å². The zero-order valence-electron chi connectivity index (χ0n) is 13.6. The van der Waals surface area contributed by atoms with Crippen molar-refractivity contribution in [3.8, 4) is 5.75 Å². The van der Waals surface area contributed by atoms with Gasteiger partial charge in [-0.2, -0.15) is 0 Å². The van der Waals surface area contributed by atoms with E-state index in [0.29, 0.717) is 6.61 Å². The maximum Gasteiger partial charge on any atom is 0.319 e. The topological polar surface area (TPSA) is 50.4 Å². The summed E-state index contributed by atoms with van der Waals surface area (Å²) in [6.45, 7) is 4.55. The number of aryl methyl sites for hydroxylation is 2. The fourth-order valence-corrected chi connectivity index (χ4v) is 2.76. The number of para-hydroxylation sites is 1. The third-order valence-corrected chi connectivity index (χ3v) is 4.26.